The zero-order valence-electron chi connectivity index (χ0n) is 26.6. The lowest BCUT2D eigenvalue weighted by molar-refractivity contribution is -0.144. The van der Waals surface area contributed by atoms with Crippen LogP contribution in [-0.2, 0) is 25.5 Å². The molecule has 3 fully saturated rings. The van der Waals surface area contributed by atoms with Crippen LogP contribution in [0.15, 0.2) is 47.1 Å². The molecule has 252 valence electrons. The predicted octanol–water partition coefficient (Wildman–Crippen LogP) is 5.62. The third-order valence-corrected chi connectivity index (χ3v) is 10.4. The van der Waals surface area contributed by atoms with Gasteiger partial charge in [-0.15, -0.1) is 0 Å². The summed E-state index contributed by atoms with van der Waals surface area (Å²) in [5.74, 6) is -2.10. The number of amides is 2. The molecule has 1 aliphatic carbocycles. The molecule has 2 amide bonds. The second kappa shape index (κ2) is 14.3. The zero-order chi connectivity index (χ0) is 33.2. The van der Waals surface area contributed by atoms with Gasteiger partial charge in [-0.3, -0.25) is 19.3 Å². The van der Waals surface area contributed by atoms with E-state index >= 15 is 4.39 Å². The molecule has 0 bridgehead atoms. The fraction of sp³-hybridized carbons (Fsp3) is 0.514. The number of aliphatic carboxylic acids is 1. The highest BCUT2D eigenvalue weighted by molar-refractivity contribution is 6.34. The molecule has 0 unspecified atom stereocenters. The van der Waals surface area contributed by atoms with Crippen molar-refractivity contribution in [2.75, 3.05) is 38.7 Å². The van der Waals surface area contributed by atoms with E-state index in [2.05, 4.69) is 17.1 Å². The average molecular weight is 670 g/mol. The first kappa shape index (κ1) is 33.4. The van der Waals surface area contributed by atoms with Crippen molar-refractivity contribution in [1.82, 2.24) is 9.80 Å². The summed E-state index contributed by atoms with van der Waals surface area (Å²) in [5, 5.41) is 12.7. The third-order valence-electron chi connectivity index (χ3n) is 10.1. The monoisotopic (exact) mass is 669 g/mol. The minimum atomic E-state index is -0.762. The van der Waals surface area contributed by atoms with Crippen molar-refractivity contribution in [3.8, 4) is 0 Å². The van der Waals surface area contributed by atoms with Crippen LogP contribution in [0.25, 0.3) is 11.0 Å². The Morgan fingerprint density at radius 3 is 2.60 bits per heavy atom. The maximum Gasteiger partial charge on any atom is 0.306 e. The topological polar surface area (TPSA) is 122 Å². The highest BCUT2D eigenvalue weighted by atomic mass is 35.5. The number of ether oxygens (including phenoxy) is 2. The van der Waals surface area contributed by atoms with Gasteiger partial charge < -0.3 is 29.2 Å². The molecule has 2 aromatic carbocycles. The van der Waals surface area contributed by atoms with Crippen LogP contribution in [0.3, 0.4) is 0 Å². The standard InChI is InChI=1S/C35H41ClFN3O7/c1-20-15-39(17-32(20)45-2)23-13-24(18-46-25-9-7-21(8-10-25)35(43)44)40(16-23)33(41)12-22-11-28(36)30(14-29(22)37)38-34(42)27-19-47-31-6-4-3-5-26(27)31/h3-6,11,14,19-21,23-25,32H,7-10,12-13,15-18H2,1-2H3,(H,38,42)(H,43,44)/t20-,21-,23+,24+,25-,32+/m1/s1. The number of furan rings is 1. The summed E-state index contributed by atoms with van der Waals surface area (Å²) in [6, 6.07) is 9.54. The largest absolute Gasteiger partial charge is 0.481 e. The Morgan fingerprint density at radius 1 is 1.11 bits per heavy atom. The fourth-order valence-electron chi connectivity index (χ4n) is 7.35. The number of carboxylic acids is 1. The van der Waals surface area contributed by atoms with Gasteiger partial charge in [0.25, 0.3) is 5.91 Å². The number of carbonyl (C=O) groups excluding carboxylic acids is 2. The van der Waals surface area contributed by atoms with Crippen LogP contribution >= 0.6 is 11.6 Å². The van der Waals surface area contributed by atoms with Gasteiger partial charge in [0, 0.05) is 38.2 Å². The van der Waals surface area contributed by atoms with Crippen LogP contribution in [0, 0.1) is 17.7 Å². The molecule has 1 aromatic heterocycles. The Bertz CT molecular complexity index is 1620. The first-order chi connectivity index (χ1) is 22.6. The maximum absolute atomic E-state index is 15.5. The molecule has 12 heteroatoms. The number of nitrogens with one attached hydrogen (secondary N) is 1. The number of halogens is 2. The van der Waals surface area contributed by atoms with Crippen molar-refractivity contribution in [2.24, 2.45) is 11.8 Å². The van der Waals surface area contributed by atoms with Gasteiger partial charge >= 0.3 is 5.97 Å². The zero-order valence-corrected chi connectivity index (χ0v) is 27.4. The summed E-state index contributed by atoms with van der Waals surface area (Å²) in [6.45, 7) is 4.63. The first-order valence-electron chi connectivity index (χ1n) is 16.3. The van der Waals surface area contributed by atoms with Crippen LogP contribution in [0.4, 0.5) is 10.1 Å². The Morgan fingerprint density at radius 2 is 1.87 bits per heavy atom. The van der Waals surface area contributed by atoms with E-state index in [9.17, 15) is 19.5 Å². The van der Waals surface area contributed by atoms with Gasteiger partial charge in [0.1, 0.15) is 17.7 Å². The van der Waals surface area contributed by atoms with Crippen LogP contribution < -0.4 is 5.32 Å². The van der Waals surface area contributed by atoms with Gasteiger partial charge in [-0.1, -0.05) is 36.7 Å². The molecule has 0 radical (unpaired) electrons. The van der Waals surface area contributed by atoms with Gasteiger partial charge in [-0.25, -0.2) is 4.39 Å². The SMILES string of the molecule is CO[C@H]1CN([C@H]2C[C@@H](CO[C@H]3CC[C@H](C(=O)O)CC3)N(C(=O)Cc3cc(Cl)c(NC(=O)c4coc5ccccc45)cc3F)C2)C[C@H]1C. The van der Waals surface area contributed by atoms with E-state index in [0.29, 0.717) is 61.3 Å². The van der Waals surface area contributed by atoms with Gasteiger partial charge in [-0.2, -0.15) is 0 Å². The van der Waals surface area contributed by atoms with Gasteiger partial charge in [0.05, 0.1) is 53.5 Å². The first-order valence-corrected chi connectivity index (χ1v) is 16.6. The van der Waals surface area contributed by atoms with Crippen molar-refractivity contribution >= 4 is 46.0 Å². The number of nitrogens with zero attached hydrogens (tertiary/aromatic N) is 2. The molecule has 2 aliphatic heterocycles. The Kier molecular flexibility index (Phi) is 10.2. The number of fused-ring (bicyclic) bond motifs is 1. The summed E-state index contributed by atoms with van der Waals surface area (Å²) in [5.41, 5.74) is 1.08. The number of methoxy groups -OCH3 is 1. The van der Waals surface area contributed by atoms with E-state index in [4.69, 9.17) is 25.5 Å². The van der Waals surface area contributed by atoms with Crippen LogP contribution in [-0.4, -0.2) is 90.3 Å². The minimum Gasteiger partial charge on any atom is -0.481 e. The number of rotatable bonds is 10. The number of hydrogen-bond donors (Lipinski definition) is 2. The van der Waals surface area contributed by atoms with E-state index in [1.54, 1.807) is 36.3 Å². The lowest BCUT2D eigenvalue weighted by Gasteiger charge is -2.30. The normalized spacial score (nSPS) is 26.6. The molecular weight excluding hydrogens is 629 g/mol. The van der Waals surface area contributed by atoms with Crippen molar-refractivity contribution in [1.29, 1.82) is 0 Å². The molecule has 0 spiro atoms. The van der Waals surface area contributed by atoms with E-state index in [-0.39, 0.29) is 58.8 Å². The van der Waals surface area contributed by atoms with Crippen LogP contribution in [0.1, 0.15) is 54.9 Å². The lowest BCUT2D eigenvalue weighted by Crippen LogP contribution is -2.41. The number of carboxylic acid groups (broad SMARTS) is 1. The summed E-state index contributed by atoms with van der Waals surface area (Å²) in [7, 11) is 1.72. The second-order valence-corrected chi connectivity index (χ2v) is 13.5. The van der Waals surface area contributed by atoms with Crippen molar-refractivity contribution in [2.45, 2.75) is 69.7 Å². The molecule has 3 aliphatic rings. The lowest BCUT2D eigenvalue weighted by atomic mass is 9.87. The van der Waals surface area contributed by atoms with E-state index in [1.165, 1.54) is 12.3 Å². The maximum atomic E-state index is 15.5. The van der Waals surface area contributed by atoms with Crippen molar-refractivity contribution in [3.63, 3.8) is 0 Å². The number of carbonyl (C=O) groups is 3. The Balaban J connectivity index is 1.13. The molecule has 2 N–H and O–H groups in total. The summed E-state index contributed by atoms with van der Waals surface area (Å²) in [4.78, 5) is 42.3. The van der Waals surface area contributed by atoms with E-state index in [1.807, 2.05) is 0 Å². The summed E-state index contributed by atoms with van der Waals surface area (Å²) >= 11 is 6.51. The highest BCUT2D eigenvalue weighted by Crippen LogP contribution is 2.33. The number of hydrogen-bond acceptors (Lipinski definition) is 7. The van der Waals surface area contributed by atoms with E-state index in [0.717, 1.165) is 25.6 Å². The number of para-hydroxylation sites is 1. The van der Waals surface area contributed by atoms with Crippen LogP contribution in [0.5, 0.6) is 0 Å². The average Bonchev–Trinajstić information content (AvgIpc) is 3.79. The number of anilines is 1. The second-order valence-electron chi connectivity index (χ2n) is 13.1. The Hall–Kier alpha value is -3.51. The number of benzene rings is 2. The van der Waals surface area contributed by atoms with Gasteiger partial charge in [0.2, 0.25) is 5.91 Å². The molecule has 3 heterocycles. The highest BCUT2D eigenvalue weighted by Gasteiger charge is 2.42. The van der Waals surface area contributed by atoms with Gasteiger partial charge in [0.15, 0.2) is 0 Å². The molecule has 4 atom stereocenters. The minimum absolute atomic E-state index is 0.0506. The number of likely N-dealkylation sites (tertiary alicyclic amines) is 2. The molecule has 3 aromatic rings. The van der Waals surface area contributed by atoms with Crippen molar-refractivity contribution in [3.05, 3.63) is 64.6 Å². The molecule has 47 heavy (non-hydrogen) atoms. The molecule has 6 rings (SSSR count). The Labute approximate surface area is 278 Å². The van der Waals surface area contributed by atoms with Crippen LogP contribution in [0.2, 0.25) is 5.02 Å². The molecule has 2 saturated heterocycles. The van der Waals surface area contributed by atoms with E-state index < -0.39 is 17.7 Å². The third kappa shape index (κ3) is 7.33. The predicted molar refractivity (Wildman–Crippen MR) is 174 cm³/mol. The quantitative estimate of drug-likeness (QED) is 0.286. The van der Waals surface area contributed by atoms with Gasteiger partial charge in [-0.05, 0) is 61.8 Å². The summed E-state index contributed by atoms with van der Waals surface area (Å²) in [6.07, 6.45) is 4.44. The van der Waals surface area contributed by atoms with Crippen molar-refractivity contribution < 1.29 is 37.8 Å². The smallest absolute Gasteiger partial charge is 0.306 e. The molecule has 1 saturated carbocycles. The molecular formula is C35H41ClFN3O7. The summed E-state index contributed by atoms with van der Waals surface area (Å²) < 4.78 is 32.9. The fourth-order valence-corrected chi connectivity index (χ4v) is 7.58. The molecule has 10 nitrogen and oxygen atoms in total.